The molecular weight excluding hydrogens is 278 g/mol. The Bertz CT molecular complexity index is 454. The molecule has 0 aliphatic rings. The molecule has 88 valence electrons. The van der Waals surface area contributed by atoms with Crippen molar-refractivity contribution >= 4 is 21.7 Å². The molecule has 0 amide bonds. The van der Waals surface area contributed by atoms with Crippen LogP contribution in [0.4, 0.5) is 5.82 Å². The predicted octanol–water partition coefficient (Wildman–Crippen LogP) is 3.20. The third kappa shape index (κ3) is 3.82. The molecule has 2 rings (SSSR count). The van der Waals surface area contributed by atoms with E-state index in [0.29, 0.717) is 0 Å². The molecule has 0 radical (unpaired) electrons. The largest absolute Gasteiger partial charge is 0.370 e. The van der Waals surface area contributed by atoms with Gasteiger partial charge in [0.15, 0.2) is 0 Å². The molecule has 1 aromatic carbocycles. The van der Waals surface area contributed by atoms with Gasteiger partial charge in [-0.1, -0.05) is 29.8 Å². The van der Waals surface area contributed by atoms with E-state index in [1.807, 2.05) is 6.07 Å². The molecule has 4 heteroatoms. The van der Waals surface area contributed by atoms with Crippen LogP contribution in [0.2, 0.25) is 0 Å². The van der Waals surface area contributed by atoms with Gasteiger partial charge in [0.1, 0.15) is 16.7 Å². The van der Waals surface area contributed by atoms with Gasteiger partial charge >= 0.3 is 0 Å². The van der Waals surface area contributed by atoms with Gasteiger partial charge in [0, 0.05) is 12.6 Å². The Kier molecular flexibility index (Phi) is 4.09. The third-order valence-corrected chi connectivity index (χ3v) is 2.87. The zero-order valence-electron chi connectivity index (χ0n) is 9.65. The summed E-state index contributed by atoms with van der Waals surface area (Å²) >= 11 is 3.32. The van der Waals surface area contributed by atoms with E-state index in [-0.39, 0.29) is 0 Å². The zero-order chi connectivity index (χ0) is 12.1. The molecule has 1 aromatic heterocycles. The van der Waals surface area contributed by atoms with E-state index in [0.717, 1.165) is 23.4 Å². The highest BCUT2D eigenvalue weighted by Crippen LogP contribution is 2.10. The molecule has 0 spiro atoms. The Morgan fingerprint density at radius 2 is 2.12 bits per heavy atom. The summed E-state index contributed by atoms with van der Waals surface area (Å²) in [7, 11) is 0. The summed E-state index contributed by atoms with van der Waals surface area (Å²) in [6.45, 7) is 2.98. The van der Waals surface area contributed by atoms with Gasteiger partial charge in [-0.15, -0.1) is 0 Å². The predicted molar refractivity (Wildman–Crippen MR) is 73.1 cm³/mol. The van der Waals surface area contributed by atoms with Crippen LogP contribution in [-0.4, -0.2) is 16.5 Å². The van der Waals surface area contributed by atoms with Crippen molar-refractivity contribution in [2.24, 2.45) is 0 Å². The van der Waals surface area contributed by atoms with Crippen molar-refractivity contribution in [3.63, 3.8) is 0 Å². The second-order valence-corrected chi connectivity index (χ2v) is 4.70. The highest BCUT2D eigenvalue weighted by atomic mass is 79.9. The van der Waals surface area contributed by atoms with E-state index in [4.69, 9.17) is 0 Å². The Morgan fingerprint density at radius 3 is 2.88 bits per heavy atom. The summed E-state index contributed by atoms with van der Waals surface area (Å²) in [5.41, 5.74) is 2.64. The topological polar surface area (TPSA) is 37.8 Å². The lowest BCUT2D eigenvalue weighted by Gasteiger charge is -2.06. The van der Waals surface area contributed by atoms with Crippen LogP contribution < -0.4 is 5.32 Å². The molecule has 0 aliphatic heterocycles. The summed E-state index contributed by atoms with van der Waals surface area (Å²) in [5.74, 6) is 0.847. The minimum absolute atomic E-state index is 0.797. The summed E-state index contributed by atoms with van der Waals surface area (Å²) in [5, 5.41) is 3.27. The van der Waals surface area contributed by atoms with E-state index >= 15 is 0 Å². The number of hydrogen-bond donors (Lipinski definition) is 1. The van der Waals surface area contributed by atoms with Crippen molar-refractivity contribution in [2.45, 2.75) is 13.3 Å². The van der Waals surface area contributed by atoms with E-state index < -0.39 is 0 Å². The number of halogens is 1. The smallest absolute Gasteiger partial charge is 0.130 e. The first-order valence-electron chi connectivity index (χ1n) is 5.51. The zero-order valence-corrected chi connectivity index (χ0v) is 11.2. The fourth-order valence-electron chi connectivity index (χ4n) is 1.63. The standard InChI is InChI=1S/C13H14BrN3/c1-10-3-2-4-11(7-10)5-6-15-13-8-12(14)16-9-17-13/h2-4,7-9H,5-6H2,1H3,(H,15,16,17). The number of hydrogen-bond acceptors (Lipinski definition) is 3. The molecule has 17 heavy (non-hydrogen) atoms. The van der Waals surface area contributed by atoms with Crippen molar-refractivity contribution in [1.82, 2.24) is 9.97 Å². The van der Waals surface area contributed by atoms with Crippen LogP contribution >= 0.6 is 15.9 Å². The summed E-state index contributed by atoms with van der Waals surface area (Å²) in [6, 6.07) is 10.4. The highest BCUT2D eigenvalue weighted by molar-refractivity contribution is 9.10. The van der Waals surface area contributed by atoms with Crippen molar-refractivity contribution in [2.75, 3.05) is 11.9 Å². The molecule has 0 unspecified atom stereocenters. The van der Waals surface area contributed by atoms with Crippen LogP contribution in [0.1, 0.15) is 11.1 Å². The van der Waals surface area contributed by atoms with Crippen molar-refractivity contribution in [3.05, 3.63) is 52.4 Å². The quantitative estimate of drug-likeness (QED) is 0.879. The average molecular weight is 292 g/mol. The third-order valence-electron chi connectivity index (χ3n) is 2.44. The second-order valence-electron chi connectivity index (χ2n) is 3.89. The average Bonchev–Trinajstić information content (AvgIpc) is 2.29. The first kappa shape index (κ1) is 12.0. The molecule has 2 aromatic rings. The fraction of sp³-hybridized carbons (Fsp3) is 0.231. The molecule has 0 atom stereocenters. The molecule has 0 saturated heterocycles. The minimum Gasteiger partial charge on any atom is -0.370 e. The van der Waals surface area contributed by atoms with Gasteiger partial charge in [-0.05, 0) is 34.8 Å². The van der Waals surface area contributed by atoms with E-state index in [2.05, 4.69) is 62.4 Å². The van der Waals surface area contributed by atoms with Crippen LogP contribution in [0.15, 0.2) is 41.3 Å². The van der Waals surface area contributed by atoms with E-state index in [1.54, 1.807) is 6.33 Å². The number of nitrogens with one attached hydrogen (secondary N) is 1. The summed E-state index contributed by atoms with van der Waals surface area (Å²) < 4.78 is 0.797. The Morgan fingerprint density at radius 1 is 1.24 bits per heavy atom. The Hall–Kier alpha value is -1.42. The van der Waals surface area contributed by atoms with Crippen LogP contribution in [0.5, 0.6) is 0 Å². The van der Waals surface area contributed by atoms with E-state index in [9.17, 15) is 0 Å². The Balaban J connectivity index is 1.87. The molecular formula is C13H14BrN3. The maximum atomic E-state index is 4.14. The van der Waals surface area contributed by atoms with Crippen LogP contribution in [-0.2, 0) is 6.42 Å². The van der Waals surface area contributed by atoms with Gasteiger partial charge in [-0.3, -0.25) is 0 Å². The van der Waals surface area contributed by atoms with Crippen molar-refractivity contribution < 1.29 is 0 Å². The normalized spacial score (nSPS) is 10.2. The van der Waals surface area contributed by atoms with Crippen LogP contribution in [0.25, 0.3) is 0 Å². The Labute approximate surface area is 109 Å². The van der Waals surface area contributed by atoms with Crippen LogP contribution in [0.3, 0.4) is 0 Å². The molecule has 3 nitrogen and oxygen atoms in total. The van der Waals surface area contributed by atoms with Crippen molar-refractivity contribution in [3.8, 4) is 0 Å². The number of rotatable bonds is 4. The van der Waals surface area contributed by atoms with Gasteiger partial charge in [0.25, 0.3) is 0 Å². The summed E-state index contributed by atoms with van der Waals surface area (Å²) in [4.78, 5) is 8.12. The molecule has 0 saturated carbocycles. The lowest BCUT2D eigenvalue weighted by Crippen LogP contribution is -2.06. The molecule has 0 aliphatic carbocycles. The number of anilines is 1. The van der Waals surface area contributed by atoms with Crippen molar-refractivity contribution in [1.29, 1.82) is 0 Å². The van der Waals surface area contributed by atoms with Gasteiger partial charge < -0.3 is 5.32 Å². The monoisotopic (exact) mass is 291 g/mol. The number of benzene rings is 1. The SMILES string of the molecule is Cc1cccc(CCNc2cc(Br)ncn2)c1. The van der Waals surface area contributed by atoms with Gasteiger partial charge in [-0.25, -0.2) is 9.97 Å². The molecule has 1 N–H and O–H groups in total. The maximum Gasteiger partial charge on any atom is 0.130 e. The lowest BCUT2D eigenvalue weighted by atomic mass is 10.1. The maximum absolute atomic E-state index is 4.14. The van der Waals surface area contributed by atoms with E-state index in [1.165, 1.54) is 11.1 Å². The summed E-state index contributed by atoms with van der Waals surface area (Å²) in [6.07, 6.45) is 2.53. The lowest BCUT2D eigenvalue weighted by molar-refractivity contribution is 0.994. The second kappa shape index (κ2) is 5.77. The number of aromatic nitrogens is 2. The molecule has 1 heterocycles. The molecule has 0 bridgehead atoms. The van der Waals surface area contributed by atoms with Gasteiger partial charge in [0.2, 0.25) is 0 Å². The first-order chi connectivity index (χ1) is 8.24. The molecule has 0 fully saturated rings. The minimum atomic E-state index is 0.797. The van der Waals surface area contributed by atoms with Crippen LogP contribution in [0, 0.1) is 6.92 Å². The highest BCUT2D eigenvalue weighted by Gasteiger charge is 1.96. The fourth-order valence-corrected chi connectivity index (χ4v) is 1.94. The number of aryl methyl sites for hydroxylation is 1. The number of nitrogens with zero attached hydrogens (tertiary/aromatic N) is 2. The van der Waals surface area contributed by atoms with Gasteiger partial charge in [0.05, 0.1) is 0 Å². The van der Waals surface area contributed by atoms with Gasteiger partial charge in [-0.2, -0.15) is 0 Å². The first-order valence-corrected chi connectivity index (χ1v) is 6.30.